The van der Waals surface area contributed by atoms with Gasteiger partial charge in [-0.05, 0) is 55.8 Å². The minimum atomic E-state index is -0.0513. The Labute approximate surface area is 201 Å². The van der Waals surface area contributed by atoms with Crippen molar-refractivity contribution in [3.8, 4) is 5.75 Å². The van der Waals surface area contributed by atoms with Crippen molar-refractivity contribution in [3.63, 3.8) is 0 Å². The molecule has 1 unspecified atom stereocenters. The highest BCUT2D eigenvalue weighted by molar-refractivity contribution is 7.16. The van der Waals surface area contributed by atoms with Crippen molar-refractivity contribution < 1.29 is 19.3 Å². The van der Waals surface area contributed by atoms with Gasteiger partial charge in [0.2, 0.25) is 0 Å². The highest BCUT2D eigenvalue weighted by Gasteiger charge is 2.34. The quantitative estimate of drug-likeness (QED) is 0.479. The Morgan fingerprint density at radius 2 is 1.73 bits per heavy atom. The van der Waals surface area contributed by atoms with Gasteiger partial charge in [0, 0.05) is 21.6 Å². The third-order valence-corrected chi connectivity index (χ3v) is 7.62. The van der Waals surface area contributed by atoms with Gasteiger partial charge in [-0.2, -0.15) is 0 Å². The number of nitrogens with one attached hydrogen (secondary N) is 3. The van der Waals surface area contributed by atoms with E-state index in [0.29, 0.717) is 12.2 Å². The Morgan fingerprint density at radius 3 is 2.36 bits per heavy atom. The highest BCUT2D eigenvalue weighted by Crippen LogP contribution is 2.35. The summed E-state index contributed by atoms with van der Waals surface area (Å²) < 4.78 is 5.69. The van der Waals surface area contributed by atoms with E-state index in [1.807, 2.05) is 37.3 Å². The van der Waals surface area contributed by atoms with Crippen LogP contribution in [0.15, 0.2) is 60.7 Å². The lowest BCUT2D eigenvalue weighted by Gasteiger charge is -2.34. The standard InChI is InChI=1S/C27H33N3O2S/c1-4-23-19-24(27(33-23)28-26(31)21-9-7-6-8-10-21)25(30-17-15-29(3)16-18-30)20-11-13-22(14-12-20)32-5-2/h6-14,19,25H,4-5,15-18H2,1-3H3,(H,28,31)/p+2. The number of thiophene rings is 1. The maximum absolute atomic E-state index is 13.0. The maximum Gasteiger partial charge on any atom is 0.256 e. The molecule has 1 amide bonds. The van der Waals surface area contributed by atoms with Crippen LogP contribution in [0.3, 0.4) is 0 Å². The van der Waals surface area contributed by atoms with Gasteiger partial charge in [0.15, 0.2) is 0 Å². The zero-order valence-electron chi connectivity index (χ0n) is 19.8. The Hall–Kier alpha value is -2.67. The molecule has 1 atom stereocenters. The van der Waals surface area contributed by atoms with E-state index in [1.54, 1.807) is 21.1 Å². The molecule has 6 heteroatoms. The number of ether oxygens (including phenoxy) is 1. The van der Waals surface area contributed by atoms with Crippen molar-refractivity contribution in [2.45, 2.75) is 26.3 Å². The molecule has 1 saturated heterocycles. The maximum atomic E-state index is 13.0. The van der Waals surface area contributed by atoms with E-state index in [-0.39, 0.29) is 11.9 Å². The molecule has 1 aliphatic rings. The summed E-state index contributed by atoms with van der Waals surface area (Å²) in [7, 11) is 2.27. The smallest absolute Gasteiger partial charge is 0.256 e. The van der Waals surface area contributed by atoms with Gasteiger partial charge in [0.05, 0.1) is 13.7 Å². The van der Waals surface area contributed by atoms with E-state index in [9.17, 15) is 4.79 Å². The zero-order valence-corrected chi connectivity index (χ0v) is 20.6. The molecule has 5 nitrogen and oxygen atoms in total. The molecular weight excluding hydrogens is 430 g/mol. The van der Waals surface area contributed by atoms with E-state index in [2.05, 4.69) is 49.6 Å². The number of anilines is 1. The fourth-order valence-corrected chi connectivity index (χ4v) is 5.59. The SMILES string of the molecule is CCOc1ccc(C(c2cc(CC)sc2NC(=O)c2ccccc2)[NH+]2CC[NH+](C)CC2)cc1. The molecule has 174 valence electrons. The van der Waals surface area contributed by atoms with Crippen molar-refractivity contribution in [1.29, 1.82) is 0 Å². The van der Waals surface area contributed by atoms with Crippen LogP contribution in [0.25, 0.3) is 0 Å². The Morgan fingerprint density at radius 1 is 1.03 bits per heavy atom. The molecule has 1 fully saturated rings. The first-order chi connectivity index (χ1) is 16.1. The van der Waals surface area contributed by atoms with Crippen LogP contribution >= 0.6 is 11.3 Å². The molecule has 2 heterocycles. The molecular formula is C27H35N3O2S+2. The van der Waals surface area contributed by atoms with Crippen LogP contribution in [0, 0.1) is 0 Å². The van der Waals surface area contributed by atoms with Gasteiger partial charge in [0.1, 0.15) is 43.0 Å². The van der Waals surface area contributed by atoms with Crippen molar-refractivity contribution in [2.75, 3.05) is 45.2 Å². The van der Waals surface area contributed by atoms with Gasteiger partial charge in [-0.3, -0.25) is 4.79 Å². The summed E-state index contributed by atoms with van der Waals surface area (Å²) in [6, 6.07) is 20.5. The van der Waals surface area contributed by atoms with Crippen LogP contribution in [0.5, 0.6) is 5.75 Å². The van der Waals surface area contributed by atoms with Gasteiger partial charge >= 0.3 is 0 Å². The van der Waals surface area contributed by atoms with Gasteiger partial charge < -0.3 is 19.9 Å². The van der Waals surface area contributed by atoms with E-state index in [1.165, 1.54) is 16.0 Å². The van der Waals surface area contributed by atoms with Crippen LogP contribution in [0.1, 0.15) is 46.3 Å². The molecule has 3 N–H and O–H groups in total. The second kappa shape index (κ2) is 11.0. The minimum absolute atomic E-state index is 0.0513. The number of hydrogen-bond donors (Lipinski definition) is 3. The first-order valence-corrected chi connectivity index (χ1v) is 12.8. The number of amides is 1. The molecule has 0 aliphatic carbocycles. The fourth-order valence-electron chi connectivity index (χ4n) is 4.55. The fraction of sp³-hybridized carbons (Fsp3) is 0.370. The summed E-state index contributed by atoms with van der Waals surface area (Å²) >= 11 is 1.71. The molecule has 33 heavy (non-hydrogen) atoms. The predicted octanol–water partition coefficient (Wildman–Crippen LogP) is 2.46. The monoisotopic (exact) mass is 465 g/mol. The number of likely N-dealkylation sites (N-methyl/N-ethyl adjacent to an activating group) is 1. The molecule has 3 aromatic rings. The molecule has 4 rings (SSSR count). The summed E-state index contributed by atoms with van der Waals surface area (Å²) in [6.07, 6.45) is 0.955. The molecule has 1 aromatic heterocycles. The van der Waals surface area contributed by atoms with E-state index < -0.39 is 0 Å². The lowest BCUT2D eigenvalue weighted by Crippen LogP contribution is -3.27. The second-order valence-corrected chi connectivity index (χ2v) is 9.86. The number of rotatable bonds is 8. The largest absolute Gasteiger partial charge is 0.494 e. The van der Waals surface area contributed by atoms with Crippen molar-refractivity contribution >= 4 is 22.2 Å². The van der Waals surface area contributed by atoms with Crippen LogP contribution < -0.4 is 19.9 Å². The van der Waals surface area contributed by atoms with Crippen molar-refractivity contribution in [3.05, 3.63) is 82.2 Å². The van der Waals surface area contributed by atoms with Crippen LogP contribution in [-0.4, -0.2) is 45.7 Å². The Balaban J connectivity index is 1.71. The third kappa shape index (κ3) is 5.64. The molecule has 1 aliphatic heterocycles. The van der Waals surface area contributed by atoms with Gasteiger partial charge in [-0.15, -0.1) is 11.3 Å². The lowest BCUT2D eigenvalue weighted by molar-refractivity contribution is -1.02. The molecule has 0 saturated carbocycles. The van der Waals surface area contributed by atoms with E-state index in [4.69, 9.17) is 4.74 Å². The summed E-state index contributed by atoms with van der Waals surface area (Å²) in [5, 5.41) is 4.22. The van der Waals surface area contributed by atoms with Crippen molar-refractivity contribution in [1.82, 2.24) is 0 Å². The van der Waals surface area contributed by atoms with Crippen molar-refractivity contribution in [2.24, 2.45) is 0 Å². The Kier molecular flexibility index (Phi) is 7.81. The van der Waals surface area contributed by atoms with E-state index in [0.717, 1.165) is 43.4 Å². The average Bonchev–Trinajstić information content (AvgIpc) is 3.24. The topological polar surface area (TPSA) is 47.2 Å². The number of aryl methyl sites for hydroxylation is 1. The van der Waals surface area contributed by atoms with Gasteiger partial charge in [-0.1, -0.05) is 25.1 Å². The zero-order chi connectivity index (χ0) is 23.2. The Bertz CT molecular complexity index is 1040. The summed E-state index contributed by atoms with van der Waals surface area (Å²) in [4.78, 5) is 17.5. The number of benzene rings is 2. The van der Waals surface area contributed by atoms with Crippen LogP contribution in [0.4, 0.5) is 5.00 Å². The number of piperazine rings is 1. The first-order valence-electron chi connectivity index (χ1n) is 12.0. The normalized spacial score (nSPS) is 19.1. The van der Waals surface area contributed by atoms with Gasteiger partial charge in [-0.25, -0.2) is 0 Å². The minimum Gasteiger partial charge on any atom is -0.494 e. The predicted molar refractivity (Wildman–Crippen MR) is 135 cm³/mol. The number of carbonyl (C=O) groups is 1. The van der Waals surface area contributed by atoms with Crippen LogP contribution in [-0.2, 0) is 6.42 Å². The number of carbonyl (C=O) groups excluding carboxylic acids is 1. The van der Waals surface area contributed by atoms with E-state index >= 15 is 0 Å². The summed E-state index contributed by atoms with van der Waals surface area (Å²) in [5.41, 5.74) is 3.17. The molecule has 0 bridgehead atoms. The lowest BCUT2D eigenvalue weighted by atomic mass is 9.97. The third-order valence-electron chi connectivity index (χ3n) is 6.41. The number of quaternary nitrogens is 2. The summed E-state index contributed by atoms with van der Waals surface area (Å²) in [5.74, 6) is 0.847. The highest BCUT2D eigenvalue weighted by atomic mass is 32.1. The molecule has 2 aromatic carbocycles. The summed E-state index contributed by atoms with van der Waals surface area (Å²) in [6.45, 7) is 9.36. The molecule has 0 spiro atoms. The second-order valence-electron chi connectivity index (χ2n) is 8.72. The van der Waals surface area contributed by atoms with Crippen LogP contribution in [0.2, 0.25) is 0 Å². The number of hydrogen-bond acceptors (Lipinski definition) is 3. The average molecular weight is 466 g/mol. The molecule has 0 radical (unpaired) electrons. The first kappa shape index (κ1) is 23.5. The van der Waals surface area contributed by atoms with Gasteiger partial charge in [0.25, 0.3) is 5.91 Å².